The molecule has 0 unspecified atom stereocenters. The van der Waals surface area contributed by atoms with Gasteiger partial charge in [-0.3, -0.25) is 13.8 Å². The van der Waals surface area contributed by atoms with Gasteiger partial charge < -0.3 is 10.5 Å². The van der Waals surface area contributed by atoms with Gasteiger partial charge >= 0.3 is 0 Å². The third kappa shape index (κ3) is 4.74. The third-order valence-electron chi connectivity index (χ3n) is 7.20. The lowest BCUT2D eigenvalue weighted by Crippen LogP contribution is -2.28. The lowest BCUT2D eigenvalue weighted by molar-refractivity contribution is 0.199. The fourth-order valence-corrected chi connectivity index (χ4v) is 5.06. The molecule has 2 N–H and O–H groups in total. The maximum atomic E-state index is 12.8. The second-order valence-electron chi connectivity index (χ2n) is 9.87. The van der Waals surface area contributed by atoms with Gasteiger partial charge in [-0.15, -0.1) is 0 Å². The summed E-state index contributed by atoms with van der Waals surface area (Å²) in [5.41, 5.74) is 9.65. The summed E-state index contributed by atoms with van der Waals surface area (Å²) in [6, 6.07) is 17.1. The number of hydrogen-bond donors (Lipinski definition) is 1. The lowest BCUT2D eigenvalue weighted by atomic mass is 9.87. The zero-order valence-electron chi connectivity index (χ0n) is 20.8. The Balaban J connectivity index is 1.22. The number of nitrogens with two attached hydrogens (primary N) is 1. The molecule has 3 heterocycles. The summed E-state index contributed by atoms with van der Waals surface area (Å²) in [5, 5.41) is 9.27. The van der Waals surface area contributed by atoms with Crippen LogP contribution in [0.1, 0.15) is 36.8 Å². The molecule has 9 nitrogen and oxygen atoms in total. The predicted octanol–water partition coefficient (Wildman–Crippen LogP) is 3.92. The van der Waals surface area contributed by atoms with E-state index in [1.807, 2.05) is 28.7 Å². The summed E-state index contributed by atoms with van der Waals surface area (Å²) in [6.45, 7) is 0.990. The van der Waals surface area contributed by atoms with Crippen LogP contribution in [0.4, 0.5) is 0 Å². The summed E-state index contributed by atoms with van der Waals surface area (Å²) in [7, 11) is 0. The second-order valence-corrected chi connectivity index (χ2v) is 9.87. The maximum absolute atomic E-state index is 12.8. The van der Waals surface area contributed by atoms with Crippen LogP contribution in [0.2, 0.25) is 0 Å². The van der Waals surface area contributed by atoms with Gasteiger partial charge in [0, 0.05) is 23.9 Å². The molecule has 38 heavy (non-hydrogen) atoms. The first-order valence-corrected chi connectivity index (χ1v) is 12.8. The number of rotatable bonds is 6. The number of fused-ring (bicyclic) bond motifs is 3. The molecular weight excluding hydrogens is 478 g/mol. The van der Waals surface area contributed by atoms with Crippen LogP contribution in [0.15, 0.2) is 71.9 Å². The van der Waals surface area contributed by atoms with Crippen LogP contribution in [0.25, 0.3) is 28.2 Å². The Morgan fingerprint density at radius 1 is 1.05 bits per heavy atom. The first kappa shape index (κ1) is 23.8. The smallest absolute Gasteiger partial charge is 0.255 e. The van der Waals surface area contributed by atoms with Gasteiger partial charge in [0.2, 0.25) is 5.78 Å². The van der Waals surface area contributed by atoms with Gasteiger partial charge in [0.15, 0.2) is 11.6 Å². The van der Waals surface area contributed by atoms with Gasteiger partial charge in [-0.05, 0) is 61.4 Å². The van der Waals surface area contributed by atoms with E-state index in [0.717, 1.165) is 47.8 Å². The lowest BCUT2D eigenvalue weighted by Gasteiger charge is -2.25. The van der Waals surface area contributed by atoms with Crippen LogP contribution < -0.4 is 16.0 Å². The number of imidazole rings is 1. The van der Waals surface area contributed by atoms with E-state index in [-0.39, 0.29) is 5.56 Å². The van der Waals surface area contributed by atoms with Crippen molar-refractivity contribution in [3.8, 4) is 23.2 Å². The number of nitriles is 1. The first-order chi connectivity index (χ1) is 18.6. The highest BCUT2D eigenvalue weighted by Crippen LogP contribution is 2.25. The molecule has 6 rings (SSSR count). The molecule has 0 bridgehead atoms. The number of ether oxygens (including phenoxy) is 1. The van der Waals surface area contributed by atoms with Gasteiger partial charge in [-0.1, -0.05) is 18.2 Å². The minimum atomic E-state index is -0.156. The van der Waals surface area contributed by atoms with Crippen LogP contribution in [0.3, 0.4) is 0 Å². The number of benzene rings is 2. The van der Waals surface area contributed by atoms with E-state index in [4.69, 9.17) is 10.5 Å². The van der Waals surface area contributed by atoms with Crippen molar-refractivity contribution in [3.05, 3.63) is 88.6 Å². The molecule has 1 saturated carbocycles. The predicted molar refractivity (Wildman–Crippen MR) is 144 cm³/mol. The molecule has 0 saturated heterocycles. The van der Waals surface area contributed by atoms with E-state index in [9.17, 15) is 10.1 Å². The van der Waals surface area contributed by atoms with Crippen molar-refractivity contribution >= 4 is 16.8 Å². The molecule has 0 aliphatic heterocycles. The Labute approximate surface area is 219 Å². The molecule has 5 aromatic rings. The quantitative estimate of drug-likeness (QED) is 0.371. The van der Waals surface area contributed by atoms with Gasteiger partial charge in [-0.25, -0.2) is 15.0 Å². The van der Waals surface area contributed by atoms with Crippen LogP contribution in [-0.4, -0.2) is 36.6 Å². The highest BCUT2D eigenvalue weighted by molar-refractivity contribution is 5.81. The monoisotopic (exact) mass is 505 g/mol. The molecule has 1 fully saturated rings. The van der Waals surface area contributed by atoms with Crippen molar-refractivity contribution in [1.29, 1.82) is 5.26 Å². The minimum Gasteiger partial charge on any atom is -0.490 e. The number of aromatic nitrogens is 5. The molecule has 190 valence electrons. The van der Waals surface area contributed by atoms with Crippen molar-refractivity contribution in [2.75, 3.05) is 6.61 Å². The second kappa shape index (κ2) is 10.1. The molecule has 0 spiro atoms. The average Bonchev–Trinajstić information content (AvgIpc) is 3.33. The molecule has 0 radical (unpaired) electrons. The Hall–Kier alpha value is -4.55. The van der Waals surface area contributed by atoms with E-state index < -0.39 is 0 Å². The first-order valence-electron chi connectivity index (χ1n) is 12.8. The van der Waals surface area contributed by atoms with Gasteiger partial charge in [0.25, 0.3) is 5.56 Å². The highest BCUT2D eigenvalue weighted by atomic mass is 16.5. The largest absolute Gasteiger partial charge is 0.490 e. The van der Waals surface area contributed by atoms with Gasteiger partial charge in [0.05, 0.1) is 48.2 Å². The Bertz CT molecular complexity index is 1710. The van der Waals surface area contributed by atoms with Gasteiger partial charge in [-0.2, -0.15) is 5.26 Å². The van der Waals surface area contributed by atoms with E-state index >= 15 is 0 Å². The summed E-state index contributed by atoms with van der Waals surface area (Å²) < 4.78 is 9.40. The molecule has 0 atom stereocenters. The third-order valence-corrected chi connectivity index (χ3v) is 7.20. The zero-order chi connectivity index (χ0) is 26.1. The summed E-state index contributed by atoms with van der Waals surface area (Å²) >= 11 is 0. The Kier molecular flexibility index (Phi) is 6.32. The van der Waals surface area contributed by atoms with Crippen molar-refractivity contribution in [2.45, 2.75) is 38.3 Å². The van der Waals surface area contributed by atoms with E-state index in [0.29, 0.717) is 48.0 Å². The zero-order valence-corrected chi connectivity index (χ0v) is 20.8. The minimum absolute atomic E-state index is 0.156. The van der Waals surface area contributed by atoms with E-state index in [2.05, 4.69) is 21.0 Å². The van der Waals surface area contributed by atoms with E-state index in [1.54, 1.807) is 41.4 Å². The maximum Gasteiger partial charge on any atom is 0.255 e. The SMILES string of the molecule is N#Cc1ccc2nc3n(Cc4cccc(-c5ncc(OCC6CCC(N)CC6)cn5)c4)c(=O)ccn3c2c1. The van der Waals surface area contributed by atoms with Crippen LogP contribution >= 0.6 is 0 Å². The standard InChI is InChI=1S/C29H27N7O2/c30-14-20-6-9-25-26(13-20)35-11-10-27(37)36(29(35)34-25)17-21-2-1-3-22(12-21)28-32-15-24(16-33-28)38-18-19-4-7-23(31)8-5-19/h1-3,6,9-13,15-16,19,23H,4-5,7-8,17-18,31H2. The Morgan fingerprint density at radius 2 is 1.87 bits per heavy atom. The molecular formula is C29H27N7O2. The highest BCUT2D eigenvalue weighted by Gasteiger charge is 2.19. The molecule has 9 heteroatoms. The van der Waals surface area contributed by atoms with Crippen molar-refractivity contribution < 1.29 is 4.74 Å². The molecule has 1 aliphatic rings. The van der Waals surface area contributed by atoms with Crippen LogP contribution in [-0.2, 0) is 6.54 Å². The van der Waals surface area contributed by atoms with Crippen molar-refractivity contribution in [2.24, 2.45) is 11.7 Å². The summed E-state index contributed by atoms with van der Waals surface area (Å²) in [6.07, 6.45) is 9.42. The van der Waals surface area contributed by atoms with Crippen molar-refractivity contribution in [3.63, 3.8) is 0 Å². The van der Waals surface area contributed by atoms with E-state index in [1.165, 1.54) is 6.07 Å². The van der Waals surface area contributed by atoms with Gasteiger partial charge in [0.1, 0.15) is 0 Å². The molecule has 1 aliphatic carbocycles. The summed E-state index contributed by atoms with van der Waals surface area (Å²) in [4.78, 5) is 26.5. The fraction of sp³-hybridized carbons (Fsp3) is 0.276. The van der Waals surface area contributed by atoms with Crippen LogP contribution in [0.5, 0.6) is 5.75 Å². The average molecular weight is 506 g/mol. The molecule has 2 aromatic carbocycles. The number of hydrogen-bond acceptors (Lipinski definition) is 7. The normalized spacial score (nSPS) is 17.5. The molecule has 3 aromatic heterocycles. The number of nitrogens with zero attached hydrogens (tertiary/aromatic N) is 6. The molecule has 0 amide bonds. The Morgan fingerprint density at radius 3 is 2.66 bits per heavy atom. The fourth-order valence-electron chi connectivity index (χ4n) is 5.06. The topological polar surface area (TPSA) is 124 Å². The van der Waals surface area contributed by atoms with Crippen LogP contribution in [0, 0.1) is 17.2 Å². The van der Waals surface area contributed by atoms with Crippen molar-refractivity contribution in [1.82, 2.24) is 23.9 Å². The summed E-state index contributed by atoms with van der Waals surface area (Å²) in [5.74, 6) is 2.29.